The molecule has 3 amide bonds. The van der Waals surface area contributed by atoms with E-state index in [0.29, 0.717) is 32.5 Å². The van der Waals surface area contributed by atoms with Gasteiger partial charge in [-0.1, -0.05) is 68.7 Å². The number of H-pyrrole nitrogens is 1. The average Bonchev–Trinajstić information content (AvgIpc) is 3.44. The van der Waals surface area contributed by atoms with E-state index in [9.17, 15) is 9.59 Å². The van der Waals surface area contributed by atoms with E-state index in [-0.39, 0.29) is 17.4 Å². The first kappa shape index (κ1) is 27.2. The maximum absolute atomic E-state index is 13.7. The fourth-order valence-electron chi connectivity index (χ4n) is 5.19. The molecule has 2 aromatic carbocycles. The summed E-state index contributed by atoms with van der Waals surface area (Å²) in [6.07, 6.45) is 8.97. The Hall–Kier alpha value is -3.81. The van der Waals surface area contributed by atoms with E-state index < -0.39 is 6.04 Å². The number of hydrogen-bond donors (Lipinski definition) is 3. The maximum atomic E-state index is 13.7. The summed E-state index contributed by atoms with van der Waals surface area (Å²) in [5, 5.41) is 5.81. The molecule has 3 N–H and O–H groups in total. The second-order valence-electron chi connectivity index (χ2n) is 10.1. The Morgan fingerprint density at radius 3 is 2.53 bits per heavy atom. The molecule has 8 nitrogen and oxygen atoms in total. The second-order valence-corrected chi connectivity index (χ2v) is 10.1. The van der Waals surface area contributed by atoms with E-state index in [1.165, 1.54) is 12.0 Å². The minimum atomic E-state index is -0.668. The Labute approximate surface area is 225 Å². The molecule has 3 aromatic rings. The molecule has 2 heterocycles. The van der Waals surface area contributed by atoms with Crippen LogP contribution in [0.5, 0.6) is 5.75 Å². The van der Waals surface area contributed by atoms with Crippen LogP contribution in [0.2, 0.25) is 0 Å². The third-order valence-corrected chi connectivity index (χ3v) is 7.37. The first-order chi connectivity index (χ1) is 18.5. The molecule has 1 atom stereocenters. The Bertz CT molecular complexity index is 1140. The SMILES string of the molecule is CCCCCC1(c2ccccc2)CN(C(=O)C(Cc2ccc(OC)cc2)NC(=O)NCCc2c[nH]cn2)C1. The first-order valence-electron chi connectivity index (χ1n) is 13.5. The lowest BCUT2D eigenvalue weighted by molar-refractivity contribution is -0.141. The summed E-state index contributed by atoms with van der Waals surface area (Å²) in [4.78, 5) is 35.5. The largest absolute Gasteiger partial charge is 0.497 e. The smallest absolute Gasteiger partial charge is 0.315 e. The lowest BCUT2D eigenvalue weighted by atomic mass is 9.70. The summed E-state index contributed by atoms with van der Waals surface area (Å²) in [7, 11) is 1.62. The summed E-state index contributed by atoms with van der Waals surface area (Å²) in [5.74, 6) is 0.702. The number of benzene rings is 2. The van der Waals surface area contributed by atoms with E-state index in [1.807, 2.05) is 35.2 Å². The molecule has 1 aliphatic heterocycles. The van der Waals surface area contributed by atoms with Crippen molar-refractivity contribution in [3.8, 4) is 5.75 Å². The van der Waals surface area contributed by atoms with Crippen LogP contribution in [0.3, 0.4) is 0 Å². The van der Waals surface area contributed by atoms with Crippen molar-refractivity contribution in [3.05, 3.63) is 83.9 Å². The van der Waals surface area contributed by atoms with Crippen LogP contribution in [0.15, 0.2) is 67.1 Å². The lowest BCUT2D eigenvalue weighted by Gasteiger charge is -2.52. The molecule has 0 bridgehead atoms. The van der Waals surface area contributed by atoms with Crippen molar-refractivity contribution in [1.29, 1.82) is 0 Å². The predicted octanol–water partition coefficient (Wildman–Crippen LogP) is 4.23. The molecule has 1 aliphatic rings. The number of urea groups is 1. The number of ether oxygens (including phenoxy) is 1. The molecule has 0 saturated carbocycles. The number of nitrogens with zero attached hydrogens (tertiary/aromatic N) is 2. The van der Waals surface area contributed by atoms with E-state index >= 15 is 0 Å². The van der Waals surface area contributed by atoms with E-state index in [4.69, 9.17) is 4.74 Å². The fraction of sp³-hybridized carbons (Fsp3) is 0.433. The number of rotatable bonds is 13. The molecule has 1 aromatic heterocycles. The van der Waals surface area contributed by atoms with Gasteiger partial charge in [-0.2, -0.15) is 0 Å². The highest BCUT2D eigenvalue weighted by Crippen LogP contribution is 2.39. The zero-order chi connectivity index (χ0) is 26.8. The lowest BCUT2D eigenvalue weighted by Crippen LogP contribution is -2.65. The van der Waals surface area contributed by atoms with Crippen LogP contribution in [-0.2, 0) is 23.1 Å². The van der Waals surface area contributed by atoms with Crippen molar-refractivity contribution >= 4 is 11.9 Å². The fourth-order valence-corrected chi connectivity index (χ4v) is 5.19. The summed E-state index contributed by atoms with van der Waals surface area (Å²) in [6.45, 7) is 3.97. The van der Waals surface area contributed by atoms with Gasteiger partial charge < -0.3 is 25.3 Å². The van der Waals surface area contributed by atoms with Crippen molar-refractivity contribution in [3.63, 3.8) is 0 Å². The number of amides is 3. The van der Waals surface area contributed by atoms with Gasteiger partial charge in [0, 0.05) is 44.1 Å². The maximum Gasteiger partial charge on any atom is 0.315 e. The van der Waals surface area contributed by atoms with Crippen molar-refractivity contribution in [2.24, 2.45) is 0 Å². The van der Waals surface area contributed by atoms with Crippen molar-refractivity contribution in [2.75, 3.05) is 26.7 Å². The molecule has 0 spiro atoms. The number of carbonyl (C=O) groups excluding carboxylic acids is 2. The Kier molecular flexibility index (Phi) is 9.40. The number of hydrogen-bond acceptors (Lipinski definition) is 4. The zero-order valence-corrected chi connectivity index (χ0v) is 22.4. The van der Waals surface area contributed by atoms with Gasteiger partial charge in [0.1, 0.15) is 11.8 Å². The summed E-state index contributed by atoms with van der Waals surface area (Å²) in [5.41, 5.74) is 3.09. The van der Waals surface area contributed by atoms with Gasteiger partial charge in [0.05, 0.1) is 19.1 Å². The molecule has 4 rings (SSSR count). The van der Waals surface area contributed by atoms with Crippen LogP contribution in [0.1, 0.15) is 49.4 Å². The number of aromatic nitrogens is 2. The monoisotopic (exact) mass is 517 g/mol. The predicted molar refractivity (Wildman–Crippen MR) is 148 cm³/mol. The molecular formula is C30H39N5O3. The van der Waals surface area contributed by atoms with Gasteiger partial charge in [-0.05, 0) is 29.7 Å². The number of carbonyl (C=O) groups is 2. The number of nitrogens with one attached hydrogen (secondary N) is 3. The van der Waals surface area contributed by atoms with Gasteiger partial charge in [-0.15, -0.1) is 0 Å². The van der Waals surface area contributed by atoms with E-state index in [1.54, 1.807) is 19.6 Å². The molecule has 0 aliphatic carbocycles. The minimum absolute atomic E-state index is 0.0252. The highest BCUT2D eigenvalue weighted by Gasteiger charge is 2.47. The van der Waals surface area contributed by atoms with Gasteiger partial charge in [-0.25, -0.2) is 9.78 Å². The Morgan fingerprint density at radius 1 is 1.11 bits per heavy atom. The van der Waals surface area contributed by atoms with Gasteiger partial charge >= 0.3 is 6.03 Å². The number of methoxy groups -OCH3 is 1. The van der Waals surface area contributed by atoms with E-state index in [0.717, 1.165) is 36.3 Å². The van der Waals surface area contributed by atoms with Crippen LogP contribution in [0, 0.1) is 0 Å². The van der Waals surface area contributed by atoms with Crippen molar-refractivity contribution < 1.29 is 14.3 Å². The molecule has 38 heavy (non-hydrogen) atoms. The van der Waals surface area contributed by atoms with Crippen LogP contribution in [-0.4, -0.2) is 59.6 Å². The summed E-state index contributed by atoms with van der Waals surface area (Å²) in [6, 6.07) is 17.1. The normalized spacial score (nSPS) is 14.8. The summed E-state index contributed by atoms with van der Waals surface area (Å²) < 4.78 is 5.27. The quantitative estimate of drug-likeness (QED) is 0.296. The number of likely N-dealkylation sites (tertiary alicyclic amines) is 1. The highest BCUT2D eigenvalue weighted by molar-refractivity contribution is 5.88. The van der Waals surface area contributed by atoms with Gasteiger partial charge in [0.2, 0.25) is 5.91 Å². The molecule has 0 radical (unpaired) electrons. The van der Waals surface area contributed by atoms with Crippen molar-refractivity contribution in [2.45, 2.75) is 56.9 Å². The number of imidazole rings is 1. The third-order valence-electron chi connectivity index (χ3n) is 7.37. The molecule has 1 saturated heterocycles. The van der Waals surface area contributed by atoms with E-state index in [2.05, 4.69) is 51.8 Å². The van der Waals surface area contributed by atoms with Crippen LogP contribution >= 0.6 is 0 Å². The average molecular weight is 518 g/mol. The Balaban J connectivity index is 1.43. The zero-order valence-electron chi connectivity index (χ0n) is 22.4. The van der Waals surface area contributed by atoms with Gasteiger partial charge in [0.25, 0.3) is 0 Å². The second kappa shape index (κ2) is 13.1. The van der Waals surface area contributed by atoms with Crippen LogP contribution in [0.4, 0.5) is 4.79 Å². The van der Waals surface area contributed by atoms with Crippen molar-refractivity contribution in [1.82, 2.24) is 25.5 Å². The van der Waals surface area contributed by atoms with Gasteiger partial charge in [-0.3, -0.25) is 4.79 Å². The minimum Gasteiger partial charge on any atom is -0.497 e. The summed E-state index contributed by atoms with van der Waals surface area (Å²) >= 11 is 0. The number of aromatic amines is 1. The third kappa shape index (κ3) is 6.94. The molecule has 8 heteroatoms. The van der Waals surface area contributed by atoms with Gasteiger partial charge in [0.15, 0.2) is 0 Å². The first-order valence-corrected chi connectivity index (χ1v) is 13.5. The highest BCUT2D eigenvalue weighted by atomic mass is 16.5. The topological polar surface area (TPSA) is 99.4 Å². The molecular weight excluding hydrogens is 478 g/mol. The molecule has 1 fully saturated rings. The standard InChI is InChI=1S/C30H39N5O3/c1-3-4-8-16-30(24-9-6-5-7-10-24)20-35(21-30)28(36)27(18-23-11-13-26(38-2)14-12-23)34-29(37)32-17-15-25-19-31-22-33-25/h5-7,9-14,19,22,27H,3-4,8,15-18,20-21H2,1-2H3,(H,31,33)(H2,32,34,37). The number of unbranched alkanes of at least 4 members (excludes halogenated alkanes) is 2. The molecule has 1 unspecified atom stereocenters. The van der Waals surface area contributed by atoms with Crippen LogP contribution in [0.25, 0.3) is 0 Å². The molecule has 202 valence electrons. The Morgan fingerprint density at radius 2 is 1.87 bits per heavy atom. The van der Waals surface area contributed by atoms with Crippen LogP contribution < -0.4 is 15.4 Å².